The van der Waals surface area contributed by atoms with E-state index in [0.717, 1.165) is 12.5 Å². The Bertz CT molecular complexity index is 689. The highest BCUT2D eigenvalue weighted by Crippen LogP contribution is 2.45. The van der Waals surface area contributed by atoms with Gasteiger partial charge in [0.05, 0.1) is 17.9 Å². The van der Waals surface area contributed by atoms with E-state index in [9.17, 15) is 0 Å². The molecule has 2 nitrogen and oxygen atoms in total. The molecular weight excluding hydrogens is 371 g/mol. The third kappa shape index (κ3) is 2.31. The first-order chi connectivity index (χ1) is 10.1. The standard InChI is InChI=1S/C18H19IN2/c1-12-3-7-15(8-4-12)21-11-14-9-16(13-5-6-13)17(19)10-18(14)20(21)2/h3-4,7-10,13H,5-6,11H2,1-2H3. The molecule has 2 aromatic carbocycles. The van der Waals surface area contributed by atoms with Crippen LogP contribution >= 0.6 is 22.6 Å². The quantitative estimate of drug-likeness (QED) is 0.677. The second-order valence-corrected chi connectivity index (χ2v) is 7.36. The summed E-state index contributed by atoms with van der Waals surface area (Å²) in [6, 6.07) is 13.6. The van der Waals surface area contributed by atoms with Crippen LogP contribution in [0.5, 0.6) is 0 Å². The molecule has 1 heterocycles. The van der Waals surface area contributed by atoms with Crippen molar-refractivity contribution < 1.29 is 0 Å². The lowest BCUT2D eigenvalue weighted by Gasteiger charge is -2.28. The van der Waals surface area contributed by atoms with Gasteiger partial charge in [-0.2, -0.15) is 0 Å². The summed E-state index contributed by atoms with van der Waals surface area (Å²) in [6.07, 6.45) is 2.73. The van der Waals surface area contributed by atoms with Crippen LogP contribution in [0.1, 0.15) is 35.4 Å². The summed E-state index contributed by atoms with van der Waals surface area (Å²) >= 11 is 2.50. The van der Waals surface area contributed by atoms with E-state index < -0.39 is 0 Å². The molecule has 0 saturated heterocycles. The van der Waals surface area contributed by atoms with Gasteiger partial charge in [-0.05, 0) is 77.6 Å². The molecule has 0 N–H and O–H groups in total. The number of hydrogen-bond acceptors (Lipinski definition) is 2. The van der Waals surface area contributed by atoms with Crippen molar-refractivity contribution in [3.05, 3.63) is 56.7 Å². The summed E-state index contributed by atoms with van der Waals surface area (Å²) in [4.78, 5) is 0. The molecule has 0 bridgehead atoms. The van der Waals surface area contributed by atoms with E-state index in [2.05, 4.69) is 83.0 Å². The van der Waals surface area contributed by atoms with Crippen LogP contribution in [0.15, 0.2) is 36.4 Å². The zero-order valence-electron chi connectivity index (χ0n) is 12.4. The van der Waals surface area contributed by atoms with Crippen LogP contribution in [0, 0.1) is 10.5 Å². The molecule has 108 valence electrons. The Balaban J connectivity index is 1.70. The molecule has 2 aromatic rings. The fraction of sp³-hybridized carbons (Fsp3) is 0.333. The molecule has 0 amide bonds. The normalized spacial score (nSPS) is 17.3. The molecule has 0 radical (unpaired) electrons. The van der Waals surface area contributed by atoms with Crippen LogP contribution in [0.4, 0.5) is 11.4 Å². The first-order valence-electron chi connectivity index (χ1n) is 7.53. The highest BCUT2D eigenvalue weighted by atomic mass is 127. The van der Waals surface area contributed by atoms with Crippen LogP contribution in [0.3, 0.4) is 0 Å². The summed E-state index contributed by atoms with van der Waals surface area (Å²) in [5.41, 5.74) is 6.95. The predicted molar refractivity (Wildman–Crippen MR) is 96.9 cm³/mol. The maximum absolute atomic E-state index is 2.50. The largest absolute Gasteiger partial charge is 0.288 e. The van der Waals surface area contributed by atoms with Crippen molar-refractivity contribution in [2.45, 2.75) is 32.2 Å². The molecule has 1 aliphatic heterocycles. The highest BCUT2D eigenvalue weighted by Gasteiger charge is 2.30. The molecule has 21 heavy (non-hydrogen) atoms. The van der Waals surface area contributed by atoms with Gasteiger partial charge in [0, 0.05) is 10.6 Å². The maximum Gasteiger partial charge on any atom is 0.0667 e. The number of rotatable bonds is 2. The third-order valence-electron chi connectivity index (χ3n) is 4.58. The van der Waals surface area contributed by atoms with Crippen molar-refractivity contribution >= 4 is 34.0 Å². The summed E-state index contributed by atoms with van der Waals surface area (Å²) in [5, 5.41) is 4.65. The number of anilines is 2. The van der Waals surface area contributed by atoms with Gasteiger partial charge in [-0.15, -0.1) is 0 Å². The number of halogens is 1. The second-order valence-electron chi connectivity index (χ2n) is 6.19. The van der Waals surface area contributed by atoms with E-state index >= 15 is 0 Å². The average molecular weight is 390 g/mol. The van der Waals surface area contributed by atoms with Crippen LogP contribution < -0.4 is 10.0 Å². The number of hydrogen-bond donors (Lipinski definition) is 0. The van der Waals surface area contributed by atoms with Crippen LogP contribution in [-0.2, 0) is 6.54 Å². The van der Waals surface area contributed by atoms with Gasteiger partial charge in [-0.3, -0.25) is 10.0 Å². The zero-order chi connectivity index (χ0) is 14.6. The lowest BCUT2D eigenvalue weighted by atomic mass is 10.1. The Morgan fingerprint density at radius 1 is 1.10 bits per heavy atom. The minimum absolute atomic E-state index is 0.820. The molecule has 4 rings (SSSR count). The topological polar surface area (TPSA) is 6.48 Å². The molecule has 0 spiro atoms. The molecule has 0 aromatic heterocycles. The lowest BCUT2D eigenvalue weighted by molar-refractivity contribution is 0.843. The van der Waals surface area contributed by atoms with Gasteiger partial charge < -0.3 is 0 Å². The van der Waals surface area contributed by atoms with Gasteiger partial charge in [0.25, 0.3) is 0 Å². The molecular formula is C18H19IN2. The smallest absolute Gasteiger partial charge is 0.0667 e. The van der Waals surface area contributed by atoms with Gasteiger partial charge >= 0.3 is 0 Å². The van der Waals surface area contributed by atoms with Gasteiger partial charge in [-0.25, -0.2) is 0 Å². The van der Waals surface area contributed by atoms with Crippen molar-refractivity contribution in [3.63, 3.8) is 0 Å². The Morgan fingerprint density at radius 3 is 2.48 bits per heavy atom. The first-order valence-corrected chi connectivity index (χ1v) is 8.61. The average Bonchev–Trinajstić information content (AvgIpc) is 3.26. The minimum atomic E-state index is 0.820. The van der Waals surface area contributed by atoms with E-state index in [-0.39, 0.29) is 0 Å². The van der Waals surface area contributed by atoms with Gasteiger partial charge in [0.15, 0.2) is 0 Å². The fourth-order valence-electron chi connectivity index (χ4n) is 3.14. The summed E-state index contributed by atoms with van der Waals surface area (Å²) in [7, 11) is 2.17. The highest BCUT2D eigenvalue weighted by molar-refractivity contribution is 14.1. The summed E-state index contributed by atoms with van der Waals surface area (Å²) < 4.78 is 1.42. The van der Waals surface area contributed by atoms with Crippen molar-refractivity contribution in [2.24, 2.45) is 0 Å². The SMILES string of the molecule is Cc1ccc(N2Cc3cc(C4CC4)c(I)cc3N2C)cc1. The zero-order valence-corrected chi connectivity index (χ0v) is 14.6. The first kappa shape index (κ1) is 13.4. The van der Waals surface area contributed by atoms with Crippen molar-refractivity contribution in [2.75, 3.05) is 17.1 Å². The molecule has 1 fully saturated rings. The van der Waals surface area contributed by atoms with E-state index in [1.807, 2.05) is 0 Å². The Morgan fingerprint density at radius 2 is 1.81 bits per heavy atom. The van der Waals surface area contributed by atoms with Crippen molar-refractivity contribution in [3.8, 4) is 0 Å². The number of aryl methyl sites for hydroxylation is 1. The van der Waals surface area contributed by atoms with Crippen molar-refractivity contribution in [1.29, 1.82) is 0 Å². The number of hydrazine groups is 1. The number of fused-ring (bicyclic) bond motifs is 1. The Labute approximate surface area is 139 Å². The van der Waals surface area contributed by atoms with E-state index in [1.54, 1.807) is 5.56 Å². The van der Waals surface area contributed by atoms with E-state index in [1.165, 1.54) is 38.9 Å². The van der Waals surface area contributed by atoms with Crippen LogP contribution in [0.2, 0.25) is 0 Å². The summed E-state index contributed by atoms with van der Waals surface area (Å²) in [5.74, 6) is 0.820. The fourth-order valence-corrected chi connectivity index (χ4v) is 4.03. The molecule has 2 aliphatic rings. The third-order valence-corrected chi connectivity index (χ3v) is 5.51. The minimum Gasteiger partial charge on any atom is -0.288 e. The molecule has 1 saturated carbocycles. The van der Waals surface area contributed by atoms with Crippen LogP contribution in [0.25, 0.3) is 0 Å². The maximum atomic E-state index is 2.50. The number of nitrogens with zero attached hydrogens (tertiary/aromatic N) is 2. The van der Waals surface area contributed by atoms with Gasteiger partial charge in [0.1, 0.15) is 0 Å². The molecule has 0 unspecified atom stereocenters. The predicted octanol–water partition coefficient (Wildman–Crippen LogP) is 4.85. The summed E-state index contributed by atoms with van der Waals surface area (Å²) in [6.45, 7) is 3.11. The number of benzene rings is 2. The molecule has 3 heteroatoms. The lowest BCUT2D eigenvalue weighted by Crippen LogP contribution is -2.33. The van der Waals surface area contributed by atoms with Crippen LogP contribution in [-0.4, -0.2) is 7.05 Å². The van der Waals surface area contributed by atoms with E-state index in [4.69, 9.17) is 0 Å². The second kappa shape index (κ2) is 4.90. The Hall–Kier alpha value is -1.23. The molecule has 1 aliphatic carbocycles. The van der Waals surface area contributed by atoms with E-state index in [0.29, 0.717) is 0 Å². The molecule has 0 atom stereocenters. The Kier molecular flexibility index (Phi) is 3.14. The van der Waals surface area contributed by atoms with Gasteiger partial charge in [-0.1, -0.05) is 23.8 Å². The monoisotopic (exact) mass is 390 g/mol. The van der Waals surface area contributed by atoms with Gasteiger partial charge in [0.2, 0.25) is 0 Å². The van der Waals surface area contributed by atoms with Crippen molar-refractivity contribution in [1.82, 2.24) is 0 Å².